The Morgan fingerprint density at radius 3 is 2.70 bits per heavy atom. The van der Waals surface area contributed by atoms with Gasteiger partial charge >= 0.3 is 0 Å². The van der Waals surface area contributed by atoms with Crippen molar-refractivity contribution < 1.29 is 4.79 Å². The van der Waals surface area contributed by atoms with Crippen molar-refractivity contribution in [3.05, 3.63) is 35.9 Å². The van der Waals surface area contributed by atoms with Crippen LogP contribution in [-0.4, -0.2) is 23.9 Å². The molecule has 2 unspecified atom stereocenters. The molecule has 1 amide bonds. The van der Waals surface area contributed by atoms with Gasteiger partial charge in [0, 0.05) is 19.5 Å². The zero-order chi connectivity index (χ0) is 14.4. The molecule has 2 atom stereocenters. The summed E-state index contributed by atoms with van der Waals surface area (Å²) in [4.78, 5) is 14.6. The van der Waals surface area contributed by atoms with E-state index in [4.69, 9.17) is 0 Å². The van der Waals surface area contributed by atoms with E-state index in [2.05, 4.69) is 43.0 Å². The van der Waals surface area contributed by atoms with Crippen molar-refractivity contribution in [3.8, 4) is 0 Å². The fraction of sp³-hybridized carbons (Fsp3) is 0.611. The molecule has 1 aliphatic rings. The zero-order valence-electron chi connectivity index (χ0n) is 12.8. The van der Waals surface area contributed by atoms with Crippen molar-refractivity contribution in [2.45, 2.75) is 51.9 Å². The first-order valence-electron chi connectivity index (χ1n) is 8.03. The first-order valence-corrected chi connectivity index (χ1v) is 8.03. The van der Waals surface area contributed by atoms with Crippen LogP contribution in [0.1, 0.15) is 57.4 Å². The molecule has 1 aromatic carbocycles. The van der Waals surface area contributed by atoms with Crippen molar-refractivity contribution in [1.82, 2.24) is 4.90 Å². The minimum absolute atomic E-state index is 0.342. The van der Waals surface area contributed by atoms with E-state index in [-0.39, 0.29) is 0 Å². The molecule has 0 saturated carbocycles. The van der Waals surface area contributed by atoms with Crippen molar-refractivity contribution >= 4 is 5.91 Å². The van der Waals surface area contributed by atoms with Crippen LogP contribution in [0.2, 0.25) is 0 Å². The van der Waals surface area contributed by atoms with E-state index in [9.17, 15) is 4.79 Å². The van der Waals surface area contributed by atoms with E-state index in [1.165, 1.54) is 12.0 Å². The maximum atomic E-state index is 12.5. The molecule has 0 bridgehead atoms. The Kier molecular flexibility index (Phi) is 5.63. The molecule has 0 N–H and O–H groups in total. The summed E-state index contributed by atoms with van der Waals surface area (Å²) in [6.07, 6.45) is 5.28. The van der Waals surface area contributed by atoms with Gasteiger partial charge in [-0.05, 0) is 43.1 Å². The molecule has 1 heterocycles. The van der Waals surface area contributed by atoms with E-state index in [1.54, 1.807) is 0 Å². The number of benzene rings is 1. The molecule has 1 aromatic rings. The minimum atomic E-state index is 0.342. The quantitative estimate of drug-likeness (QED) is 0.804. The highest BCUT2D eigenvalue weighted by Crippen LogP contribution is 2.25. The van der Waals surface area contributed by atoms with Crippen LogP contribution in [0.4, 0.5) is 0 Å². The van der Waals surface area contributed by atoms with E-state index in [0.717, 1.165) is 38.3 Å². The largest absolute Gasteiger partial charge is 0.343 e. The second kappa shape index (κ2) is 7.47. The van der Waals surface area contributed by atoms with Gasteiger partial charge in [0.05, 0.1) is 0 Å². The number of likely N-dealkylation sites (tertiary alicyclic amines) is 1. The highest BCUT2D eigenvalue weighted by atomic mass is 16.2. The molecule has 2 heteroatoms. The number of rotatable bonds is 4. The average molecular weight is 273 g/mol. The predicted octanol–water partition coefficient (Wildman–Crippen LogP) is 4.22. The molecule has 0 aromatic heterocycles. The van der Waals surface area contributed by atoms with Crippen LogP contribution < -0.4 is 0 Å². The van der Waals surface area contributed by atoms with E-state index in [1.807, 2.05) is 6.07 Å². The molecule has 110 valence electrons. The maximum absolute atomic E-state index is 12.5. The Bertz CT molecular complexity index is 415. The maximum Gasteiger partial charge on any atom is 0.223 e. The highest BCUT2D eigenvalue weighted by molar-refractivity contribution is 5.77. The Hall–Kier alpha value is -1.31. The third-order valence-electron chi connectivity index (χ3n) is 4.55. The van der Waals surface area contributed by atoms with Gasteiger partial charge < -0.3 is 4.90 Å². The standard InChI is InChI=1S/C18H27NO/c1-3-16(17-9-5-4-6-10-17)14-18(20)19-12-7-8-15(2)11-13-19/h4-6,9-10,15-16H,3,7-8,11-14H2,1-2H3. The lowest BCUT2D eigenvalue weighted by atomic mass is 9.92. The SMILES string of the molecule is CCC(CC(=O)N1CCCC(C)CC1)c1ccccc1. The molecule has 0 aliphatic carbocycles. The Morgan fingerprint density at radius 2 is 2.00 bits per heavy atom. The summed E-state index contributed by atoms with van der Waals surface area (Å²) < 4.78 is 0. The Balaban J connectivity index is 1.95. The molecular weight excluding hydrogens is 246 g/mol. The monoisotopic (exact) mass is 273 g/mol. The van der Waals surface area contributed by atoms with Crippen LogP contribution >= 0.6 is 0 Å². The van der Waals surface area contributed by atoms with Gasteiger partial charge in [-0.25, -0.2) is 0 Å². The molecular formula is C18H27NO. The molecule has 2 nitrogen and oxygen atoms in total. The van der Waals surface area contributed by atoms with Gasteiger partial charge in [0.15, 0.2) is 0 Å². The summed E-state index contributed by atoms with van der Waals surface area (Å²) in [6.45, 7) is 6.38. The number of carbonyl (C=O) groups is 1. The molecule has 2 rings (SSSR count). The van der Waals surface area contributed by atoms with Crippen LogP contribution in [0.25, 0.3) is 0 Å². The predicted molar refractivity (Wildman–Crippen MR) is 83.7 cm³/mol. The number of nitrogens with zero attached hydrogens (tertiary/aromatic N) is 1. The van der Waals surface area contributed by atoms with Gasteiger partial charge in [-0.15, -0.1) is 0 Å². The minimum Gasteiger partial charge on any atom is -0.343 e. The number of hydrogen-bond acceptors (Lipinski definition) is 1. The van der Waals surface area contributed by atoms with Gasteiger partial charge in [-0.3, -0.25) is 4.79 Å². The summed E-state index contributed by atoms with van der Waals surface area (Å²) in [5.74, 6) is 1.48. The molecule has 1 aliphatic heterocycles. The average Bonchev–Trinajstić information content (AvgIpc) is 2.70. The van der Waals surface area contributed by atoms with Crippen molar-refractivity contribution in [3.63, 3.8) is 0 Å². The van der Waals surface area contributed by atoms with E-state index < -0.39 is 0 Å². The third-order valence-corrected chi connectivity index (χ3v) is 4.55. The summed E-state index contributed by atoms with van der Waals surface area (Å²) in [5.41, 5.74) is 1.30. The number of carbonyl (C=O) groups excluding carboxylic acids is 1. The van der Waals surface area contributed by atoms with Gasteiger partial charge in [-0.1, -0.05) is 44.2 Å². The molecule has 1 fully saturated rings. The summed E-state index contributed by atoms with van der Waals surface area (Å²) in [7, 11) is 0. The summed E-state index contributed by atoms with van der Waals surface area (Å²) in [6, 6.07) is 10.5. The van der Waals surface area contributed by atoms with Crippen molar-refractivity contribution in [2.75, 3.05) is 13.1 Å². The Morgan fingerprint density at radius 1 is 1.25 bits per heavy atom. The molecule has 0 spiro atoms. The molecule has 20 heavy (non-hydrogen) atoms. The lowest BCUT2D eigenvalue weighted by Crippen LogP contribution is -2.32. The lowest BCUT2D eigenvalue weighted by Gasteiger charge is -2.23. The first kappa shape index (κ1) is 15.1. The fourth-order valence-electron chi connectivity index (χ4n) is 3.08. The molecule has 0 radical (unpaired) electrons. The zero-order valence-corrected chi connectivity index (χ0v) is 12.8. The number of amides is 1. The first-order chi connectivity index (χ1) is 9.70. The normalized spacial score (nSPS) is 21.3. The highest BCUT2D eigenvalue weighted by Gasteiger charge is 2.21. The van der Waals surface area contributed by atoms with Crippen LogP contribution in [0.15, 0.2) is 30.3 Å². The van der Waals surface area contributed by atoms with Gasteiger partial charge in [0.1, 0.15) is 0 Å². The van der Waals surface area contributed by atoms with Gasteiger partial charge in [0.2, 0.25) is 5.91 Å². The summed E-state index contributed by atoms with van der Waals surface area (Å²) >= 11 is 0. The van der Waals surface area contributed by atoms with Crippen LogP contribution in [0.5, 0.6) is 0 Å². The Labute approximate surface area is 123 Å². The van der Waals surface area contributed by atoms with Gasteiger partial charge in [0.25, 0.3) is 0 Å². The van der Waals surface area contributed by atoms with E-state index >= 15 is 0 Å². The lowest BCUT2D eigenvalue weighted by molar-refractivity contribution is -0.131. The van der Waals surface area contributed by atoms with Crippen molar-refractivity contribution in [2.24, 2.45) is 5.92 Å². The number of hydrogen-bond donors (Lipinski definition) is 0. The van der Waals surface area contributed by atoms with Crippen LogP contribution in [-0.2, 0) is 4.79 Å². The van der Waals surface area contributed by atoms with Crippen LogP contribution in [0.3, 0.4) is 0 Å². The fourth-order valence-corrected chi connectivity index (χ4v) is 3.08. The topological polar surface area (TPSA) is 20.3 Å². The second-order valence-electron chi connectivity index (χ2n) is 6.14. The second-order valence-corrected chi connectivity index (χ2v) is 6.14. The third kappa shape index (κ3) is 4.09. The van der Waals surface area contributed by atoms with Crippen LogP contribution in [0, 0.1) is 5.92 Å². The smallest absolute Gasteiger partial charge is 0.223 e. The van der Waals surface area contributed by atoms with Gasteiger partial charge in [-0.2, -0.15) is 0 Å². The van der Waals surface area contributed by atoms with E-state index in [0.29, 0.717) is 18.2 Å². The van der Waals surface area contributed by atoms with Crippen molar-refractivity contribution in [1.29, 1.82) is 0 Å². The molecule has 1 saturated heterocycles. The summed E-state index contributed by atoms with van der Waals surface area (Å²) in [5, 5.41) is 0.